The Kier molecular flexibility index (Phi) is 4.70. The summed E-state index contributed by atoms with van der Waals surface area (Å²) in [5.41, 5.74) is 4.20. The second-order valence-corrected chi connectivity index (χ2v) is 5.57. The monoisotopic (exact) mass is 291 g/mol. The van der Waals surface area contributed by atoms with Crippen molar-refractivity contribution in [1.82, 2.24) is 15.4 Å². The van der Waals surface area contributed by atoms with E-state index in [1.807, 2.05) is 12.3 Å². The maximum Gasteiger partial charge on any atom is 0.265 e. The van der Waals surface area contributed by atoms with Gasteiger partial charge >= 0.3 is 0 Å². The van der Waals surface area contributed by atoms with Gasteiger partial charge in [0.2, 0.25) is 0 Å². The van der Waals surface area contributed by atoms with E-state index >= 15 is 0 Å². The van der Waals surface area contributed by atoms with E-state index in [2.05, 4.69) is 10.4 Å². The van der Waals surface area contributed by atoms with Gasteiger partial charge in [0.1, 0.15) is 12.4 Å². The number of carbonyl (C=O) groups excluding carboxylic acids is 1. The number of aromatic nitrogens is 1. The van der Waals surface area contributed by atoms with Gasteiger partial charge in [0, 0.05) is 25.0 Å². The Hall–Kier alpha value is -1.92. The molecule has 1 heterocycles. The minimum absolute atomic E-state index is 0.142. The maximum absolute atomic E-state index is 11.7. The van der Waals surface area contributed by atoms with Crippen LogP contribution in [0.1, 0.15) is 21.1 Å². The normalized spacial score (nSPS) is 10.6. The quantitative estimate of drug-likeness (QED) is 0.858. The fourth-order valence-electron chi connectivity index (χ4n) is 1.60. The number of nitrogens with zero attached hydrogens (tertiary/aromatic N) is 2. The highest BCUT2D eigenvalue weighted by Gasteiger charge is 2.06. The van der Waals surface area contributed by atoms with Gasteiger partial charge in [-0.25, -0.2) is 9.99 Å². The van der Waals surface area contributed by atoms with Crippen LogP contribution >= 0.6 is 11.3 Å². The standard InChI is InChI=1S/C14H17N3O2S/c1-10-15-12(9-20-10)8-19-13-6-4-11(5-7-13)14(18)16-17(2)3/h4-7,9H,8H2,1-3H3,(H,16,18). The molecule has 0 spiro atoms. The van der Waals surface area contributed by atoms with Crippen molar-refractivity contribution in [2.24, 2.45) is 0 Å². The summed E-state index contributed by atoms with van der Waals surface area (Å²) in [5, 5.41) is 4.62. The van der Waals surface area contributed by atoms with E-state index in [9.17, 15) is 4.79 Å². The maximum atomic E-state index is 11.7. The molecule has 0 unspecified atom stereocenters. The number of thiazole rings is 1. The number of nitrogens with one attached hydrogen (secondary N) is 1. The third-order valence-corrected chi connectivity index (χ3v) is 3.32. The molecule has 0 fully saturated rings. The summed E-state index contributed by atoms with van der Waals surface area (Å²) >= 11 is 1.60. The molecule has 0 atom stereocenters. The van der Waals surface area contributed by atoms with Crippen LogP contribution in [-0.4, -0.2) is 30.0 Å². The topological polar surface area (TPSA) is 54.5 Å². The minimum Gasteiger partial charge on any atom is -0.487 e. The zero-order valence-corrected chi connectivity index (χ0v) is 12.5. The van der Waals surface area contributed by atoms with Crippen molar-refractivity contribution in [3.63, 3.8) is 0 Å². The van der Waals surface area contributed by atoms with Gasteiger partial charge in [0.15, 0.2) is 0 Å². The summed E-state index contributed by atoms with van der Waals surface area (Å²) < 4.78 is 5.62. The summed E-state index contributed by atoms with van der Waals surface area (Å²) in [4.78, 5) is 16.1. The van der Waals surface area contributed by atoms with Gasteiger partial charge in [-0.05, 0) is 31.2 Å². The van der Waals surface area contributed by atoms with Gasteiger partial charge in [-0.3, -0.25) is 10.2 Å². The highest BCUT2D eigenvalue weighted by Crippen LogP contribution is 2.15. The van der Waals surface area contributed by atoms with Gasteiger partial charge in [0.25, 0.3) is 5.91 Å². The molecular formula is C14H17N3O2S. The zero-order chi connectivity index (χ0) is 14.5. The predicted octanol–water partition coefficient (Wildman–Crippen LogP) is 2.24. The zero-order valence-electron chi connectivity index (χ0n) is 11.7. The first-order chi connectivity index (χ1) is 9.54. The summed E-state index contributed by atoms with van der Waals surface area (Å²) in [6.45, 7) is 2.40. The summed E-state index contributed by atoms with van der Waals surface area (Å²) in [5.74, 6) is 0.578. The van der Waals surface area contributed by atoms with Crippen LogP contribution in [0.4, 0.5) is 0 Å². The first-order valence-electron chi connectivity index (χ1n) is 6.17. The smallest absolute Gasteiger partial charge is 0.265 e. The molecule has 2 aromatic rings. The molecule has 0 aliphatic carbocycles. The van der Waals surface area contributed by atoms with Crippen molar-refractivity contribution in [1.29, 1.82) is 0 Å². The van der Waals surface area contributed by atoms with Crippen molar-refractivity contribution >= 4 is 17.2 Å². The van der Waals surface area contributed by atoms with Crippen molar-refractivity contribution in [3.05, 3.63) is 45.9 Å². The average molecular weight is 291 g/mol. The largest absolute Gasteiger partial charge is 0.487 e. The third-order valence-electron chi connectivity index (χ3n) is 2.49. The molecule has 0 saturated carbocycles. The van der Waals surface area contributed by atoms with E-state index in [1.165, 1.54) is 0 Å². The van der Waals surface area contributed by atoms with Crippen LogP contribution in [0.5, 0.6) is 5.75 Å². The molecule has 0 saturated heterocycles. The van der Waals surface area contributed by atoms with Crippen molar-refractivity contribution < 1.29 is 9.53 Å². The van der Waals surface area contributed by atoms with Crippen LogP contribution < -0.4 is 10.2 Å². The van der Waals surface area contributed by atoms with Crippen molar-refractivity contribution in [3.8, 4) is 5.75 Å². The number of hydrazine groups is 1. The average Bonchev–Trinajstić information content (AvgIpc) is 2.82. The molecule has 20 heavy (non-hydrogen) atoms. The summed E-state index contributed by atoms with van der Waals surface area (Å²) in [6, 6.07) is 7.04. The fraction of sp³-hybridized carbons (Fsp3) is 0.286. The second kappa shape index (κ2) is 6.49. The molecule has 0 aliphatic heterocycles. The Bertz CT molecular complexity index is 578. The number of hydrogen-bond acceptors (Lipinski definition) is 5. The highest BCUT2D eigenvalue weighted by molar-refractivity contribution is 7.09. The van der Waals surface area contributed by atoms with Gasteiger partial charge in [-0.2, -0.15) is 0 Å². The Labute approximate surface area is 122 Å². The molecule has 0 radical (unpaired) electrons. The molecule has 6 heteroatoms. The van der Waals surface area contributed by atoms with E-state index in [1.54, 1.807) is 54.7 Å². The molecule has 1 amide bonds. The molecule has 0 bridgehead atoms. The van der Waals surface area contributed by atoms with E-state index in [0.717, 1.165) is 16.5 Å². The van der Waals surface area contributed by atoms with Crippen molar-refractivity contribution in [2.45, 2.75) is 13.5 Å². The molecule has 106 valence electrons. The molecule has 1 N–H and O–H groups in total. The minimum atomic E-state index is -0.142. The van der Waals surface area contributed by atoms with Crippen LogP contribution in [0.15, 0.2) is 29.6 Å². The van der Waals surface area contributed by atoms with Gasteiger partial charge < -0.3 is 4.74 Å². The Morgan fingerprint density at radius 3 is 2.60 bits per heavy atom. The summed E-state index contributed by atoms with van der Waals surface area (Å²) in [6.07, 6.45) is 0. The van der Waals surface area contributed by atoms with Crippen LogP contribution in [0.3, 0.4) is 0 Å². The SMILES string of the molecule is Cc1nc(COc2ccc(C(=O)NN(C)C)cc2)cs1. The van der Waals surface area contributed by atoms with E-state index < -0.39 is 0 Å². The lowest BCUT2D eigenvalue weighted by Crippen LogP contribution is -2.36. The van der Waals surface area contributed by atoms with Gasteiger partial charge in [-0.15, -0.1) is 11.3 Å². The van der Waals surface area contributed by atoms with Crippen LogP contribution in [-0.2, 0) is 6.61 Å². The molecule has 1 aromatic carbocycles. The molecule has 5 nitrogen and oxygen atoms in total. The Morgan fingerprint density at radius 1 is 1.35 bits per heavy atom. The number of ether oxygens (including phenoxy) is 1. The number of amides is 1. The lowest BCUT2D eigenvalue weighted by atomic mass is 10.2. The van der Waals surface area contributed by atoms with Crippen LogP contribution in [0.25, 0.3) is 0 Å². The predicted molar refractivity (Wildman–Crippen MR) is 78.8 cm³/mol. The molecule has 1 aromatic heterocycles. The Morgan fingerprint density at radius 2 is 2.05 bits per heavy atom. The molecular weight excluding hydrogens is 274 g/mol. The highest BCUT2D eigenvalue weighted by atomic mass is 32.1. The van der Waals surface area contributed by atoms with Gasteiger partial charge in [0.05, 0.1) is 10.7 Å². The fourth-order valence-corrected chi connectivity index (χ4v) is 2.20. The lowest BCUT2D eigenvalue weighted by Gasteiger charge is -2.12. The first kappa shape index (κ1) is 14.5. The van der Waals surface area contributed by atoms with Crippen LogP contribution in [0, 0.1) is 6.92 Å². The van der Waals surface area contributed by atoms with E-state index in [4.69, 9.17) is 4.74 Å². The summed E-state index contributed by atoms with van der Waals surface area (Å²) in [7, 11) is 3.54. The van der Waals surface area contributed by atoms with Crippen molar-refractivity contribution in [2.75, 3.05) is 14.1 Å². The van der Waals surface area contributed by atoms with Crippen LogP contribution in [0.2, 0.25) is 0 Å². The third kappa shape index (κ3) is 4.04. The number of carbonyl (C=O) groups is 1. The molecule has 2 rings (SSSR count). The number of benzene rings is 1. The number of rotatable bonds is 5. The van der Waals surface area contributed by atoms with Gasteiger partial charge in [-0.1, -0.05) is 0 Å². The van der Waals surface area contributed by atoms with E-state index in [0.29, 0.717) is 12.2 Å². The number of aryl methyl sites for hydroxylation is 1. The second-order valence-electron chi connectivity index (χ2n) is 4.51. The Balaban J connectivity index is 1.93. The number of hydrogen-bond donors (Lipinski definition) is 1. The molecule has 0 aliphatic rings. The first-order valence-corrected chi connectivity index (χ1v) is 7.05. The van der Waals surface area contributed by atoms with E-state index in [-0.39, 0.29) is 5.91 Å². The lowest BCUT2D eigenvalue weighted by molar-refractivity contribution is 0.0857.